The van der Waals surface area contributed by atoms with E-state index >= 15 is 0 Å². The summed E-state index contributed by atoms with van der Waals surface area (Å²) in [6.45, 7) is 0.515. The highest BCUT2D eigenvalue weighted by Crippen LogP contribution is 2.28. The lowest BCUT2D eigenvalue weighted by molar-refractivity contribution is -0.115. The molecular formula is C32H25NO5. The fourth-order valence-corrected chi connectivity index (χ4v) is 4.07. The lowest BCUT2D eigenvalue weighted by Crippen LogP contribution is -2.16. The Bertz CT molecular complexity index is 1580. The Morgan fingerprint density at radius 2 is 1.29 bits per heavy atom. The lowest BCUT2D eigenvalue weighted by atomic mass is 10.1. The minimum absolute atomic E-state index is 0.0518. The highest BCUT2D eigenvalue weighted by molar-refractivity contribution is 6.01. The topological polar surface area (TPSA) is 84.9 Å². The van der Waals surface area contributed by atoms with Gasteiger partial charge >= 0.3 is 5.97 Å². The number of aromatic carboxylic acids is 1. The minimum atomic E-state index is -1.09. The van der Waals surface area contributed by atoms with Gasteiger partial charge in [-0.25, -0.2) is 4.79 Å². The predicted molar refractivity (Wildman–Crippen MR) is 147 cm³/mol. The second kappa shape index (κ2) is 11.3. The zero-order valence-electron chi connectivity index (χ0n) is 20.5. The van der Waals surface area contributed by atoms with Crippen molar-refractivity contribution >= 4 is 28.3 Å². The summed E-state index contributed by atoms with van der Waals surface area (Å²) in [5, 5.41) is 14.0. The van der Waals surface area contributed by atoms with Gasteiger partial charge in [0, 0.05) is 0 Å². The van der Waals surface area contributed by atoms with E-state index in [1.807, 2.05) is 78.9 Å². The number of hydrogen-bond acceptors (Lipinski definition) is 4. The van der Waals surface area contributed by atoms with Gasteiger partial charge in [0.1, 0.15) is 23.9 Å². The monoisotopic (exact) mass is 503 g/mol. The molecule has 0 aliphatic heterocycles. The number of benzene rings is 5. The number of carboxylic acids is 1. The van der Waals surface area contributed by atoms with Gasteiger partial charge in [0.2, 0.25) is 5.91 Å². The van der Waals surface area contributed by atoms with Crippen LogP contribution in [0.3, 0.4) is 0 Å². The predicted octanol–water partition coefficient (Wildman–Crippen LogP) is 7.09. The smallest absolute Gasteiger partial charge is 0.337 e. The summed E-state index contributed by atoms with van der Waals surface area (Å²) in [6, 6.07) is 35.4. The second-order valence-corrected chi connectivity index (χ2v) is 8.77. The zero-order chi connectivity index (χ0) is 26.3. The first-order chi connectivity index (χ1) is 18.5. The molecule has 5 aromatic carbocycles. The van der Waals surface area contributed by atoms with Crippen LogP contribution in [0, 0.1) is 0 Å². The van der Waals surface area contributed by atoms with Crippen molar-refractivity contribution in [2.24, 2.45) is 0 Å². The average Bonchev–Trinajstić information content (AvgIpc) is 2.93. The lowest BCUT2D eigenvalue weighted by Gasteiger charge is -2.10. The van der Waals surface area contributed by atoms with Crippen molar-refractivity contribution in [1.29, 1.82) is 0 Å². The van der Waals surface area contributed by atoms with Gasteiger partial charge in [0.05, 0.1) is 17.7 Å². The van der Waals surface area contributed by atoms with E-state index < -0.39 is 5.97 Å². The molecule has 0 fully saturated rings. The molecule has 6 heteroatoms. The van der Waals surface area contributed by atoms with Crippen LogP contribution >= 0.6 is 0 Å². The molecule has 188 valence electrons. The molecule has 0 unspecified atom stereocenters. The summed E-state index contributed by atoms with van der Waals surface area (Å²) in [4.78, 5) is 23.8. The van der Waals surface area contributed by atoms with Crippen LogP contribution in [0.1, 0.15) is 21.5 Å². The summed E-state index contributed by atoms with van der Waals surface area (Å²) >= 11 is 0. The van der Waals surface area contributed by atoms with E-state index in [1.54, 1.807) is 30.3 Å². The molecule has 0 spiro atoms. The molecule has 0 aliphatic carbocycles. The Hall–Kier alpha value is -5.10. The molecule has 0 aromatic heterocycles. The van der Waals surface area contributed by atoms with Gasteiger partial charge in [-0.2, -0.15) is 0 Å². The minimum Gasteiger partial charge on any atom is -0.489 e. The van der Waals surface area contributed by atoms with Crippen molar-refractivity contribution in [3.05, 3.63) is 132 Å². The first-order valence-electron chi connectivity index (χ1n) is 12.1. The molecule has 0 saturated heterocycles. The second-order valence-electron chi connectivity index (χ2n) is 8.77. The number of nitrogens with one attached hydrogen (secondary N) is 1. The summed E-state index contributed by atoms with van der Waals surface area (Å²) in [6.07, 6.45) is 0.110. The third kappa shape index (κ3) is 6.17. The Labute approximate surface area is 220 Å². The largest absolute Gasteiger partial charge is 0.489 e. The molecule has 0 bridgehead atoms. The molecule has 0 radical (unpaired) electrons. The standard InChI is InChI=1S/C32H25NO5/c34-31(33-30-9-5-4-8-29(30)32(35)36)18-22-10-14-26(15-11-22)38-28-17-13-24-19-27(16-12-25(24)20-28)37-21-23-6-2-1-3-7-23/h1-17,19-20H,18,21H2,(H,33,34)(H,35,36). The van der Waals surface area contributed by atoms with Crippen LogP contribution in [-0.2, 0) is 17.8 Å². The van der Waals surface area contributed by atoms with E-state index in [0.717, 1.165) is 27.6 Å². The maximum Gasteiger partial charge on any atom is 0.337 e. The molecule has 2 N–H and O–H groups in total. The highest BCUT2D eigenvalue weighted by atomic mass is 16.5. The van der Waals surface area contributed by atoms with Gasteiger partial charge in [-0.05, 0) is 70.4 Å². The van der Waals surface area contributed by atoms with Gasteiger partial charge in [0.25, 0.3) is 0 Å². The van der Waals surface area contributed by atoms with Crippen LogP contribution in [0.2, 0.25) is 0 Å². The number of ether oxygens (including phenoxy) is 2. The van der Waals surface area contributed by atoms with Crippen LogP contribution in [0.4, 0.5) is 5.69 Å². The summed E-state index contributed by atoms with van der Waals surface area (Å²) in [5.41, 5.74) is 2.22. The first-order valence-corrected chi connectivity index (χ1v) is 12.1. The third-order valence-electron chi connectivity index (χ3n) is 5.99. The maximum atomic E-state index is 12.5. The number of hydrogen-bond donors (Lipinski definition) is 2. The quantitative estimate of drug-likeness (QED) is 0.224. The van der Waals surface area contributed by atoms with E-state index in [-0.39, 0.29) is 23.6 Å². The number of anilines is 1. The fraction of sp³-hybridized carbons (Fsp3) is 0.0625. The van der Waals surface area contributed by atoms with Crippen molar-refractivity contribution in [3.8, 4) is 17.2 Å². The molecule has 6 nitrogen and oxygen atoms in total. The molecular weight excluding hydrogens is 478 g/mol. The maximum absolute atomic E-state index is 12.5. The van der Waals surface area contributed by atoms with Gasteiger partial charge in [0.15, 0.2) is 0 Å². The highest BCUT2D eigenvalue weighted by Gasteiger charge is 2.12. The van der Waals surface area contributed by atoms with E-state index in [9.17, 15) is 14.7 Å². The van der Waals surface area contributed by atoms with Gasteiger partial charge in [-0.1, -0.05) is 66.7 Å². The molecule has 0 heterocycles. The van der Waals surface area contributed by atoms with Crippen LogP contribution < -0.4 is 14.8 Å². The Kier molecular flexibility index (Phi) is 7.32. The number of fused-ring (bicyclic) bond motifs is 1. The van der Waals surface area contributed by atoms with Gasteiger partial charge < -0.3 is 19.9 Å². The van der Waals surface area contributed by atoms with E-state index in [1.165, 1.54) is 6.07 Å². The summed E-state index contributed by atoms with van der Waals surface area (Å²) in [7, 11) is 0. The van der Waals surface area contributed by atoms with Crippen LogP contribution in [0.25, 0.3) is 10.8 Å². The third-order valence-corrected chi connectivity index (χ3v) is 5.99. The van der Waals surface area contributed by atoms with Gasteiger partial charge in [-0.15, -0.1) is 0 Å². The molecule has 0 aliphatic rings. The normalized spacial score (nSPS) is 10.6. The van der Waals surface area contributed by atoms with Crippen LogP contribution in [0.5, 0.6) is 17.2 Å². The first kappa shape index (κ1) is 24.6. The van der Waals surface area contributed by atoms with Crippen molar-refractivity contribution in [3.63, 3.8) is 0 Å². The summed E-state index contributed by atoms with van der Waals surface area (Å²) < 4.78 is 12.0. The number of para-hydroxylation sites is 1. The van der Waals surface area contributed by atoms with Crippen molar-refractivity contribution in [2.75, 3.05) is 5.32 Å². The number of carbonyl (C=O) groups is 2. The van der Waals surface area contributed by atoms with E-state index in [0.29, 0.717) is 18.1 Å². The fourth-order valence-electron chi connectivity index (χ4n) is 4.07. The van der Waals surface area contributed by atoms with Crippen molar-refractivity contribution in [2.45, 2.75) is 13.0 Å². The van der Waals surface area contributed by atoms with E-state index in [4.69, 9.17) is 9.47 Å². The molecule has 38 heavy (non-hydrogen) atoms. The molecule has 1 amide bonds. The van der Waals surface area contributed by atoms with E-state index in [2.05, 4.69) is 5.32 Å². The zero-order valence-corrected chi connectivity index (χ0v) is 20.5. The van der Waals surface area contributed by atoms with Crippen molar-refractivity contribution in [1.82, 2.24) is 0 Å². The Balaban J connectivity index is 1.19. The van der Waals surface area contributed by atoms with Crippen LogP contribution in [-0.4, -0.2) is 17.0 Å². The Morgan fingerprint density at radius 3 is 2.03 bits per heavy atom. The number of rotatable bonds is 9. The summed E-state index contributed by atoms with van der Waals surface area (Å²) in [5.74, 6) is 0.766. The van der Waals surface area contributed by atoms with Crippen molar-refractivity contribution < 1.29 is 24.2 Å². The number of amides is 1. The molecule has 5 rings (SSSR count). The molecule has 0 atom stereocenters. The Morgan fingerprint density at radius 1 is 0.658 bits per heavy atom. The number of carbonyl (C=O) groups excluding carboxylic acids is 1. The average molecular weight is 504 g/mol. The molecule has 5 aromatic rings. The molecule has 0 saturated carbocycles. The van der Waals surface area contributed by atoms with Gasteiger partial charge in [-0.3, -0.25) is 4.79 Å². The number of carboxylic acid groups (broad SMARTS) is 1. The van der Waals surface area contributed by atoms with Crippen LogP contribution in [0.15, 0.2) is 115 Å². The SMILES string of the molecule is O=C(Cc1ccc(Oc2ccc3cc(OCc4ccccc4)ccc3c2)cc1)Nc1ccccc1C(=O)O.